The van der Waals surface area contributed by atoms with Crippen molar-refractivity contribution in [2.75, 3.05) is 6.61 Å². The second-order valence-electron chi connectivity index (χ2n) is 4.20. The van der Waals surface area contributed by atoms with Gasteiger partial charge in [-0.25, -0.2) is 4.98 Å². The number of rotatable bonds is 7. The lowest BCUT2D eigenvalue weighted by Crippen LogP contribution is -2.01. The minimum atomic E-state index is -0.479. The van der Waals surface area contributed by atoms with Gasteiger partial charge in [0, 0.05) is 6.61 Å². The van der Waals surface area contributed by atoms with Gasteiger partial charge in [0.25, 0.3) is 0 Å². The van der Waals surface area contributed by atoms with Crippen molar-refractivity contribution in [3.63, 3.8) is 0 Å². The number of benzene rings is 1. The smallest absolute Gasteiger partial charge is 0.0954 e. The van der Waals surface area contributed by atoms with Gasteiger partial charge in [-0.1, -0.05) is 30.3 Å². The van der Waals surface area contributed by atoms with Gasteiger partial charge >= 0.3 is 0 Å². The largest absolute Gasteiger partial charge is 0.387 e. The fourth-order valence-corrected chi connectivity index (χ4v) is 1.75. The molecular weight excluding hydrogens is 228 g/mol. The Bertz CT molecular complexity index is 428. The molecule has 0 aliphatic carbocycles. The molecule has 1 unspecified atom stereocenters. The van der Waals surface area contributed by atoms with Crippen molar-refractivity contribution in [1.82, 2.24) is 9.97 Å². The van der Waals surface area contributed by atoms with Crippen LogP contribution in [-0.2, 0) is 11.3 Å². The molecule has 0 saturated heterocycles. The van der Waals surface area contributed by atoms with E-state index in [1.165, 1.54) is 5.56 Å². The molecule has 2 rings (SSSR count). The maximum absolute atomic E-state index is 9.80. The van der Waals surface area contributed by atoms with Crippen molar-refractivity contribution in [2.24, 2.45) is 0 Å². The summed E-state index contributed by atoms with van der Waals surface area (Å²) in [5, 5.41) is 9.80. The molecule has 1 heterocycles. The van der Waals surface area contributed by atoms with Gasteiger partial charge in [-0.05, 0) is 18.4 Å². The van der Waals surface area contributed by atoms with E-state index in [-0.39, 0.29) is 0 Å². The van der Waals surface area contributed by atoms with E-state index in [4.69, 9.17) is 4.74 Å². The van der Waals surface area contributed by atoms with Crippen LogP contribution in [-0.4, -0.2) is 21.7 Å². The summed E-state index contributed by atoms with van der Waals surface area (Å²) in [6, 6.07) is 10.1. The number of hydrogen-bond acceptors (Lipinski definition) is 3. The third kappa shape index (κ3) is 3.98. The molecule has 2 aromatic rings. The van der Waals surface area contributed by atoms with Crippen LogP contribution in [0.1, 0.15) is 30.2 Å². The molecule has 0 amide bonds. The summed E-state index contributed by atoms with van der Waals surface area (Å²) in [5.41, 5.74) is 1.93. The molecule has 2 N–H and O–H groups in total. The van der Waals surface area contributed by atoms with E-state index < -0.39 is 6.10 Å². The summed E-state index contributed by atoms with van der Waals surface area (Å²) in [5.74, 6) is 0. The first-order chi connectivity index (χ1) is 8.86. The van der Waals surface area contributed by atoms with E-state index in [0.717, 1.165) is 12.1 Å². The minimum Gasteiger partial charge on any atom is -0.387 e. The molecule has 0 spiro atoms. The van der Waals surface area contributed by atoms with Crippen LogP contribution >= 0.6 is 0 Å². The molecule has 0 aliphatic heterocycles. The molecule has 0 saturated carbocycles. The molecule has 96 valence electrons. The molecule has 4 heteroatoms. The van der Waals surface area contributed by atoms with Gasteiger partial charge in [-0.2, -0.15) is 0 Å². The second-order valence-corrected chi connectivity index (χ2v) is 4.20. The zero-order chi connectivity index (χ0) is 12.6. The lowest BCUT2D eigenvalue weighted by atomic mass is 10.1. The Morgan fingerprint density at radius 2 is 2.11 bits per heavy atom. The number of H-pyrrole nitrogens is 1. The van der Waals surface area contributed by atoms with Crippen LogP contribution in [0, 0.1) is 0 Å². The molecule has 1 aromatic heterocycles. The normalized spacial score (nSPS) is 12.5. The number of nitrogens with one attached hydrogen (secondary N) is 1. The SMILES string of the molecule is OC(CCCOCc1ccccc1)c1cnc[nH]1. The summed E-state index contributed by atoms with van der Waals surface area (Å²) in [4.78, 5) is 6.78. The second kappa shape index (κ2) is 6.93. The van der Waals surface area contributed by atoms with E-state index in [1.54, 1.807) is 12.5 Å². The van der Waals surface area contributed by atoms with Gasteiger partial charge in [-0.3, -0.25) is 0 Å². The number of hydrogen-bond donors (Lipinski definition) is 2. The predicted octanol–water partition coefficient (Wildman–Crippen LogP) is 2.44. The van der Waals surface area contributed by atoms with Crippen molar-refractivity contribution in [1.29, 1.82) is 0 Å². The highest BCUT2D eigenvalue weighted by Crippen LogP contribution is 2.14. The van der Waals surface area contributed by atoms with Crippen LogP contribution in [0.25, 0.3) is 0 Å². The third-order valence-corrected chi connectivity index (χ3v) is 2.76. The van der Waals surface area contributed by atoms with Crippen molar-refractivity contribution in [3.05, 3.63) is 54.1 Å². The Kier molecular flexibility index (Phi) is 4.93. The van der Waals surface area contributed by atoms with Crippen LogP contribution in [0.3, 0.4) is 0 Å². The first kappa shape index (κ1) is 12.8. The highest BCUT2D eigenvalue weighted by Gasteiger charge is 2.07. The summed E-state index contributed by atoms with van der Waals surface area (Å²) in [6.45, 7) is 1.28. The standard InChI is InChI=1S/C14H18N2O2/c17-14(13-9-15-11-16-13)7-4-8-18-10-12-5-2-1-3-6-12/h1-3,5-6,9,11,14,17H,4,7-8,10H2,(H,15,16). The lowest BCUT2D eigenvalue weighted by molar-refractivity contribution is 0.0962. The molecule has 1 atom stereocenters. The highest BCUT2D eigenvalue weighted by atomic mass is 16.5. The summed E-state index contributed by atoms with van der Waals surface area (Å²) >= 11 is 0. The number of aromatic amines is 1. The van der Waals surface area contributed by atoms with E-state index in [1.807, 2.05) is 30.3 Å². The molecule has 4 nitrogen and oxygen atoms in total. The summed E-state index contributed by atoms with van der Waals surface area (Å²) in [7, 11) is 0. The van der Waals surface area contributed by atoms with E-state index in [2.05, 4.69) is 9.97 Å². The minimum absolute atomic E-state index is 0.479. The van der Waals surface area contributed by atoms with Crippen LogP contribution in [0.2, 0.25) is 0 Å². The Hall–Kier alpha value is -1.65. The van der Waals surface area contributed by atoms with Crippen molar-refractivity contribution >= 4 is 0 Å². The number of ether oxygens (including phenoxy) is 1. The van der Waals surface area contributed by atoms with Crippen molar-refractivity contribution in [3.8, 4) is 0 Å². The van der Waals surface area contributed by atoms with Crippen LogP contribution in [0.15, 0.2) is 42.9 Å². The molecular formula is C14H18N2O2. The fourth-order valence-electron chi connectivity index (χ4n) is 1.75. The maximum atomic E-state index is 9.80. The first-order valence-electron chi connectivity index (χ1n) is 6.14. The average Bonchev–Trinajstić information content (AvgIpc) is 2.93. The Morgan fingerprint density at radius 1 is 1.28 bits per heavy atom. The highest BCUT2D eigenvalue weighted by molar-refractivity contribution is 5.13. The van der Waals surface area contributed by atoms with Gasteiger partial charge in [0.05, 0.1) is 30.9 Å². The van der Waals surface area contributed by atoms with Crippen molar-refractivity contribution in [2.45, 2.75) is 25.6 Å². The van der Waals surface area contributed by atoms with Crippen LogP contribution in [0.4, 0.5) is 0 Å². The molecule has 18 heavy (non-hydrogen) atoms. The van der Waals surface area contributed by atoms with Crippen LogP contribution in [0.5, 0.6) is 0 Å². The Morgan fingerprint density at radius 3 is 2.83 bits per heavy atom. The molecule has 0 fully saturated rings. The maximum Gasteiger partial charge on any atom is 0.0954 e. The number of aromatic nitrogens is 2. The summed E-state index contributed by atoms with van der Waals surface area (Å²) < 4.78 is 5.55. The van der Waals surface area contributed by atoms with Gasteiger partial charge in [0.1, 0.15) is 0 Å². The molecule has 0 radical (unpaired) electrons. The van der Waals surface area contributed by atoms with Gasteiger partial charge in [0.15, 0.2) is 0 Å². The monoisotopic (exact) mass is 246 g/mol. The molecule has 0 aliphatic rings. The number of aliphatic hydroxyl groups is 1. The van der Waals surface area contributed by atoms with Crippen molar-refractivity contribution < 1.29 is 9.84 Å². The quantitative estimate of drug-likeness (QED) is 0.738. The van der Waals surface area contributed by atoms with Gasteiger partial charge in [-0.15, -0.1) is 0 Å². The first-order valence-corrected chi connectivity index (χ1v) is 6.14. The Balaban J connectivity index is 1.59. The lowest BCUT2D eigenvalue weighted by Gasteiger charge is -2.08. The van der Waals surface area contributed by atoms with Crippen LogP contribution < -0.4 is 0 Å². The zero-order valence-electron chi connectivity index (χ0n) is 10.2. The van der Waals surface area contributed by atoms with E-state index >= 15 is 0 Å². The van der Waals surface area contributed by atoms with Gasteiger partial charge in [0.2, 0.25) is 0 Å². The number of aliphatic hydroxyl groups excluding tert-OH is 1. The molecule has 1 aromatic carbocycles. The number of imidazole rings is 1. The Labute approximate surface area is 107 Å². The zero-order valence-corrected chi connectivity index (χ0v) is 10.2. The van der Waals surface area contributed by atoms with E-state index in [0.29, 0.717) is 19.6 Å². The van der Waals surface area contributed by atoms with Gasteiger partial charge < -0.3 is 14.8 Å². The fraction of sp³-hybridized carbons (Fsp3) is 0.357. The average molecular weight is 246 g/mol. The molecule has 0 bridgehead atoms. The topological polar surface area (TPSA) is 58.1 Å². The number of nitrogens with zero attached hydrogens (tertiary/aromatic N) is 1. The predicted molar refractivity (Wildman–Crippen MR) is 68.9 cm³/mol. The summed E-state index contributed by atoms with van der Waals surface area (Å²) in [6.07, 6.45) is 4.25. The third-order valence-electron chi connectivity index (χ3n) is 2.76. The van der Waals surface area contributed by atoms with E-state index in [9.17, 15) is 5.11 Å².